The third-order valence-corrected chi connectivity index (χ3v) is 2.65. The monoisotopic (exact) mass is 307 g/mol. The molecule has 0 aliphatic rings. The van der Waals surface area contributed by atoms with Crippen LogP contribution in [-0.4, -0.2) is 16.7 Å². The van der Waals surface area contributed by atoms with E-state index < -0.39 is 3.79 Å². The van der Waals surface area contributed by atoms with Crippen molar-refractivity contribution in [2.24, 2.45) is 0 Å². The van der Waals surface area contributed by atoms with Crippen molar-refractivity contribution in [3.05, 3.63) is 29.8 Å². The molecular formula is C13H14Cl3O2. The lowest BCUT2D eigenvalue weighted by Crippen LogP contribution is -2.07. The van der Waals surface area contributed by atoms with Crippen LogP contribution in [0.3, 0.4) is 0 Å². The van der Waals surface area contributed by atoms with Gasteiger partial charge in [-0.05, 0) is 30.5 Å². The van der Waals surface area contributed by atoms with Crippen molar-refractivity contribution in [2.45, 2.75) is 29.5 Å². The van der Waals surface area contributed by atoms with E-state index in [0.29, 0.717) is 19.4 Å². The Morgan fingerprint density at radius 2 is 2.00 bits per heavy atom. The molecule has 0 unspecified atom stereocenters. The molecule has 0 bridgehead atoms. The van der Waals surface area contributed by atoms with Crippen LogP contribution in [0.5, 0.6) is 5.75 Å². The quantitative estimate of drug-likeness (QED) is 0.556. The summed E-state index contributed by atoms with van der Waals surface area (Å²) in [6.07, 6.45) is 4.26. The SMILES string of the molecule is O=[C]CCCCOc1cccc(CC(Cl)(Cl)Cl)c1. The lowest BCUT2D eigenvalue weighted by atomic mass is 10.1. The minimum absolute atomic E-state index is 0.342. The zero-order valence-electron chi connectivity index (χ0n) is 9.80. The molecule has 0 saturated carbocycles. The zero-order chi connectivity index (χ0) is 13.4. The molecule has 0 spiro atoms. The van der Waals surface area contributed by atoms with Crippen molar-refractivity contribution < 1.29 is 9.53 Å². The normalized spacial score (nSPS) is 11.3. The first kappa shape index (κ1) is 15.6. The molecule has 0 fully saturated rings. The van der Waals surface area contributed by atoms with E-state index in [2.05, 4.69) is 0 Å². The minimum atomic E-state index is -1.29. The maximum absolute atomic E-state index is 10.0. The fraction of sp³-hybridized carbons (Fsp3) is 0.462. The summed E-state index contributed by atoms with van der Waals surface area (Å²) in [6, 6.07) is 7.46. The number of hydrogen-bond acceptors (Lipinski definition) is 2. The molecule has 5 heteroatoms. The Labute approximate surface area is 122 Å². The first-order chi connectivity index (χ1) is 8.51. The molecule has 1 radical (unpaired) electrons. The summed E-state index contributed by atoms with van der Waals surface area (Å²) in [5.74, 6) is 0.747. The van der Waals surface area contributed by atoms with Gasteiger partial charge in [-0.15, -0.1) is 0 Å². The Hall–Kier alpha value is -0.440. The Bertz CT molecular complexity index is 375. The molecule has 0 heterocycles. The van der Waals surface area contributed by atoms with E-state index in [1.165, 1.54) is 0 Å². The van der Waals surface area contributed by atoms with Gasteiger partial charge in [-0.1, -0.05) is 46.9 Å². The topological polar surface area (TPSA) is 26.3 Å². The highest BCUT2D eigenvalue weighted by Crippen LogP contribution is 2.31. The van der Waals surface area contributed by atoms with Crippen LogP contribution in [0.25, 0.3) is 0 Å². The van der Waals surface area contributed by atoms with Gasteiger partial charge in [-0.25, -0.2) is 0 Å². The maximum Gasteiger partial charge on any atom is 0.198 e. The van der Waals surface area contributed by atoms with Gasteiger partial charge in [0.15, 0.2) is 10.1 Å². The van der Waals surface area contributed by atoms with Crippen molar-refractivity contribution in [1.82, 2.24) is 0 Å². The van der Waals surface area contributed by atoms with E-state index >= 15 is 0 Å². The summed E-state index contributed by atoms with van der Waals surface area (Å²) >= 11 is 17.2. The van der Waals surface area contributed by atoms with Gasteiger partial charge in [-0.2, -0.15) is 0 Å². The van der Waals surface area contributed by atoms with Gasteiger partial charge in [0.2, 0.25) is 0 Å². The third kappa shape index (κ3) is 7.10. The number of halogens is 3. The van der Waals surface area contributed by atoms with Crippen LogP contribution in [0.4, 0.5) is 0 Å². The average Bonchev–Trinajstić information content (AvgIpc) is 2.27. The largest absolute Gasteiger partial charge is 0.494 e. The third-order valence-electron chi connectivity index (χ3n) is 2.24. The summed E-state index contributed by atoms with van der Waals surface area (Å²) < 4.78 is 4.26. The second-order valence-corrected chi connectivity index (χ2v) is 6.41. The highest BCUT2D eigenvalue weighted by molar-refractivity contribution is 6.67. The molecule has 99 valence electrons. The number of alkyl halides is 3. The van der Waals surface area contributed by atoms with Crippen molar-refractivity contribution in [3.63, 3.8) is 0 Å². The highest BCUT2D eigenvalue weighted by Gasteiger charge is 2.20. The zero-order valence-corrected chi connectivity index (χ0v) is 12.1. The van der Waals surface area contributed by atoms with Crippen molar-refractivity contribution in [1.29, 1.82) is 0 Å². The lowest BCUT2D eigenvalue weighted by Gasteiger charge is -2.12. The fourth-order valence-electron chi connectivity index (χ4n) is 1.47. The second-order valence-electron chi connectivity index (χ2n) is 3.89. The molecule has 1 aromatic carbocycles. The molecule has 0 aliphatic heterocycles. The van der Waals surface area contributed by atoms with Gasteiger partial charge in [0.25, 0.3) is 0 Å². The van der Waals surface area contributed by atoms with Crippen molar-refractivity contribution in [3.8, 4) is 5.75 Å². The van der Waals surface area contributed by atoms with E-state index in [1.54, 1.807) is 0 Å². The lowest BCUT2D eigenvalue weighted by molar-refractivity contribution is 0.307. The van der Waals surface area contributed by atoms with E-state index in [9.17, 15) is 4.79 Å². The predicted molar refractivity (Wildman–Crippen MR) is 75.5 cm³/mol. The van der Waals surface area contributed by atoms with Crippen molar-refractivity contribution in [2.75, 3.05) is 6.61 Å². The van der Waals surface area contributed by atoms with Crippen LogP contribution >= 0.6 is 34.8 Å². The fourth-order valence-corrected chi connectivity index (χ4v) is 1.93. The van der Waals surface area contributed by atoms with Gasteiger partial charge in [0.1, 0.15) is 5.75 Å². The van der Waals surface area contributed by atoms with Crippen LogP contribution in [0.1, 0.15) is 24.8 Å². The van der Waals surface area contributed by atoms with Crippen LogP contribution in [0, 0.1) is 0 Å². The van der Waals surface area contributed by atoms with E-state index in [4.69, 9.17) is 39.5 Å². The van der Waals surface area contributed by atoms with Gasteiger partial charge in [0.05, 0.1) is 6.61 Å². The number of ether oxygens (including phenoxy) is 1. The first-order valence-corrected chi connectivity index (χ1v) is 6.78. The smallest absolute Gasteiger partial charge is 0.198 e. The number of hydrogen-bond donors (Lipinski definition) is 0. The Morgan fingerprint density at radius 3 is 2.67 bits per heavy atom. The number of unbranched alkanes of at least 4 members (excludes halogenated alkanes) is 2. The summed E-state index contributed by atoms with van der Waals surface area (Å²) in [6.45, 7) is 0.568. The highest BCUT2D eigenvalue weighted by atomic mass is 35.6. The molecule has 0 aliphatic carbocycles. The molecule has 1 aromatic rings. The molecule has 0 N–H and O–H groups in total. The average molecular weight is 309 g/mol. The Balaban J connectivity index is 2.42. The first-order valence-electron chi connectivity index (χ1n) is 5.65. The molecule has 1 rings (SSSR count). The molecule has 0 aromatic heterocycles. The molecule has 0 amide bonds. The number of carbonyl (C=O) groups excluding carboxylic acids is 1. The predicted octanol–water partition coefficient (Wildman–Crippen LogP) is 4.26. The Morgan fingerprint density at radius 1 is 1.22 bits per heavy atom. The van der Waals surface area contributed by atoms with E-state index in [1.807, 2.05) is 30.6 Å². The van der Waals surface area contributed by atoms with Crippen LogP contribution in [-0.2, 0) is 11.2 Å². The number of rotatable bonds is 7. The van der Waals surface area contributed by atoms with Gasteiger partial charge < -0.3 is 4.74 Å². The molecule has 18 heavy (non-hydrogen) atoms. The molecule has 0 atom stereocenters. The Kier molecular flexibility index (Phi) is 6.83. The molecule has 2 nitrogen and oxygen atoms in total. The van der Waals surface area contributed by atoms with Crippen LogP contribution in [0.15, 0.2) is 24.3 Å². The molecular weight excluding hydrogens is 294 g/mol. The summed E-state index contributed by atoms with van der Waals surface area (Å²) in [5.41, 5.74) is 0.911. The standard InChI is InChI=1S/C13H14Cl3O2/c14-13(15,16)10-11-5-4-6-12(9-11)18-8-3-1-2-7-17/h4-6,9H,1-3,8,10H2. The van der Waals surface area contributed by atoms with E-state index in [-0.39, 0.29) is 0 Å². The van der Waals surface area contributed by atoms with Gasteiger partial charge in [-0.3, -0.25) is 4.79 Å². The summed E-state index contributed by atoms with van der Waals surface area (Å²) in [7, 11) is 0. The summed E-state index contributed by atoms with van der Waals surface area (Å²) in [5, 5.41) is 0. The number of benzene rings is 1. The van der Waals surface area contributed by atoms with Crippen molar-refractivity contribution >= 4 is 41.1 Å². The minimum Gasteiger partial charge on any atom is -0.494 e. The van der Waals surface area contributed by atoms with Gasteiger partial charge >= 0.3 is 0 Å². The van der Waals surface area contributed by atoms with Crippen LogP contribution in [0.2, 0.25) is 0 Å². The maximum atomic E-state index is 10.0. The van der Waals surface area contributed by atoms with Gasteiger partial charge in [0, 0.05) is 12.8 Å². The second kappa shape index (κ2) is 7.88. The summed E-state index contributed by atoms with van der Waals surface area (Å²) in [4.78, 5) is 10.0. The van der Waals surface area contributed by atoms with E-state index in [0.717, 1.165) is 24.2 Å². The van der Waals surface area contributed by atoms with Crippen LogP contribution < -0.4 is 4.74 Å². The molecule has 0 saturated heterocycles.